The minimum atomic E-state index is -0.517. The molecule has 106 valence electrons. The molecule has 0 aliphatic carbocycles. The molecule has 2 aromatic carbocycles. The van der Waals surface area contributed by atoms with E-state index in [1.54, 1.807) is 24.3 Å². The third-order valence-electron chi connectivity index (χ3n) is 2.90. The summed E-state index contributed by atoms with van der Waals surface area (Å²) in [6.45, 7) is 0.0463. The Kier molecular flexibility index (Phi) is 4.53. The van der Waals surface area contributed by atoms with Crippen molar-refractivity contribution in [2.45, 2.75) is 13.2 Å². The summed E-state index contributed by atoms with van der Waals surface area (Å²) in [5, 5.41) is 0. The fourth-order valence-electron chi connectivity index (χ4n) is 1.85. The first kappa shape index (κ1) is 14.3. The molecule has 0 saturated heterocycles. The van der Waals surface area contributed by atoms with E-state index < -0.39 is 11.6 Å². The van der Waals surface area contributed by atoms with Crippen LogP contribution < -0.4 is 15.2 Å². The SMILES string of the molecule is COc1cccc(COc2c(F)cccc2CN)c1F. The van der Waals surface area contributed by atoms with Crippen molar-refractivity contribution in [2.75, 3.05) is 7.11 Å². The summed E-state index contributed by atoms with van der Waals surface area (Å²) in [5.41, 5.74) is 6.35. The van der Waals surface area contributed by atoms with Crippen LogP contribution in [0.4, 0.5) is 8.78 Å². The van der Waals surface area contributed by atoms with Crippen LogP contribution >= 0.6 is 0 Å². The number of para-hydroxylation sites is 1. The van der Waals surface area contributed by atoms with E-state index in [0.717, 1.165) is 0 Å². The van der Waals surface area contributed by atoms with E-state index in [2.05, 4.69) is 0 Å². The van der Waals surface area contributed by atoms with Crippen molar-refractivity contribution in [1.29, 1.82) is 0 Å². The van der Waals surface area contributed by atoms with Crippen LogP contribution in [0.1, 0.15) is 11.1 Å². The van der Waals surface area contributed by atoms with Gasteiger partial charge in [0.05, 0.1) is 7.11 Å². The highest BCUT2D eigenvalue weighted by Gasteiger charge is 2.12. The van der Waals surface area contributed by atoms with Crippen LogP contribution in [0.5, 0.6) is 11.5 Å². The molecule has 0 spiro atoms. The van der Waals surface area contributed by atoms with E-state index in [-0.39, 0.29) is 30.2 Å². The quantitative estimate of drug-likeness (QED) is 0.915. The van der Waals surface area contributed by atoms with Crippen molar-refractivity contribution in [2.24, 2.45) is 5.73 Å². The first-order valence-electron chi connectivity index (χ1n) is 6.09. The average molecular weight is 279 g/mol. The molecule has 0 bridgehead atoms. The van der Waals surface area contributed by atoms with E-state index in [1.165, 1.54) is 19.2 Å². The van der Waals surface area contributed by atoms with Gasteiger partial charge in [-0.1, -0.05) is 24.3 Å². The molecular weight excluding hydrogens is 264 g/mol. The third-order valence-corrected chi connectivity index (χ3v) is 2.90. The van der Waals surface area contributed by atoms with Crippen LogP contribution in [0.2, 0.25) is 0 Å². The zero-order chi connectivity index (χ0) is 14.5. The highest BCUT2D eigenvalue weighted by molar-refractivity contribution is 5.36. The van der Waals surface area contributed by atoms with Gasteiger partial charge in [-0.2, -0.15) is 0 Å². The summed E-state index contributed by atoms with van der Waals surface area (Å²) in [6, 6.07) is 9.20. The first-order valence-corrected chi connectivity index (χ1v) is 6.09. The molecule has 0 unspecified atom stereocenters. The smallest absolute Gasteiger partial charge is 0.171 e. The molecule has 20 heavy (non-hydrogen) atoms. The van der Waals surface area contributed by atoms with E-state index in [0.29, 0.717) is 5.56 Å². The Bertz CT molecular complexity index is 602. The van der Waals surface area contributed by atoms with Gasteiger partial charge < -0.3 is 15.2 Å². The van der Waals surface area contributed by atoms with Crippen LogP contribution in [-0.2, 0) is 13.2 Å². The van der Waals surface area contributed by atoms with Crippen LogP contribution in [0.3, 0.4) is 0 Å². The minimum Gasteiger partial charge on any atom is -0.494 e. The number of nitrogens with two attached hydrogens (primary N) is 1. The van der Waals surface area contributed by atoms with Gasteiger partial charge in [0.2, 0.25) is 0 Å². The van der Waals surface area contributed by atoms with Crippen LogP contribution in [0, 0.1) is 11.6 Å². The number of rotatable bonds is 5. The Morgan fingerprint density at radius 2 is 1.75 bits per heavy atom. The van der Waals surface area contributed by atoms with Crippen LogP contribution in [0.25, 0.3) is 0 Å². The highest BCUT2D eigenvalue weighted by Crippen LogP contribution is 2.25. The van der Waals surface area contributed by atoms with Crippen molar-refractivity contribution >= 4 is 0 Å². The van der Waals surface area contributed by atoms with Gasteiger partial charge in [-0.25, -0.2) is 8.78 Å². The molecule has 2 aromatic rings. The second kappa shape index (κ2) is 6.34. The Morgan fingerprint density at radius 1 is 1.05 bits per heavy atom. The third kappa shape index (κ3) is 2.88. The monoisotopic (exact) mass is 279 g/mol. The molecular formula is C15H15F2NO2. The van der Waals surface area contributed by atoms with Crippen LogP contribution in [-0.4, -0.2) is 7.11 Å². The van der Waals surface area contributed by atoms with Gasteiger partial charge in [0.15, 0.2) is 23.1 Å². The van der Waals surface area contributed by atoms with Gasteiger partial charge in [0.1, 0.15) is 6.61 Å². The van der Waals surface area contributed by atoms with Crippen molar-refractivity contribution in [3.8, 4) is 11.5 Å². The maximum Gasteiger partial charge on any atom is 0.171 e. The number of ether oxygens (including phenoxy) is 2. The molecule has 0 radical (unpaired) electrons. The van der Waals surface area contributed by atoms with Crippen molar-refractivity contribution in [3.63, 3.8) is 0 Å². The lowest BCUT2D eigenvalue weighted by Crippen LogP contribution is -2.06. The lowest BCUT2D eigenvalue weighted by atomic mass is 10.2. The summed E-state index contributed by atoms with van der Waals surface area (Å²) in [4.78, 5) is 0. The highest BCUT2D eigenvalue weighted by atomic mass is 19.1. The molecule has 0 aliphatic rings. The Balaban J connectivity index is 2.21. The summed E-state index contributed by atoms with van der Waals surface area (Å²) in [7, 11) is 1.38. The molecule has 0 amide bonds. The summed E-state index contributed by atoms with van der Waals surface area (Å²) in [6.07, 6.45) is 0. The molecule has 2 rings (SSSR count). The lowest BCUT2D eigenvalue weighted by Gasteiger charge is -2.12. The minimum absolute atomic E-state index is 0.0530. The fourth-order valence-corrected chi connectivity index (χ4v) is 1.85. The van der Waals surface area contributed by atoms with Gasteiger partial charge >= 0.3 is 0 Å². The van der Waals surface area contributed by atoms with E-state index in [9.17, 15) is 8.78 Å². The van der Waals surface area contributed by atoms with E-state index >= 15 is 0 Å². The molecule has 3 nitrogen and oxygen atoms in total. The fraction of sp³-hybridized carbons (Fsp3) is 0.200. The molecule has 2 N–H and O–H groups in total. The maximum absolute atomic E-state index is 13.9. The summed E-state index contributed by atoms with van der Waals surface area (Å²) >= 11 is 0. The largest absolute Gasteiger partial charge is 0.494 e. The first-order chi connectivity index (χ1) is 9.67. The molecule has 0 saturated carbocycles. The van der Waals surface area contributed by atoms with Gasteiger partial charge in [-0.15, -0.1) is 0 Å². The van der Waals surface area contributed by atoms with Crippen LogP contribution in [0.15, 0.2) is 36.4 Å². The van der Waals surface area contributed by atoms with Gasteiger partial charge in [0, 0.05) is 17.7 Å². The number of hydrogen-bond donors (Lipinski definition) is 1. The number of benzene rings is 2. The number of methoxy groups -OCH3 is 1. The van der Waals surface area contributed by atoms with Crippen molar-refractivity contribution < 1.29 is 18.3 Å². The molecule has 0 heterocycles. The molecule has 0 fully saturated rings. The zero-order valence-corrected chi connectivity index (χ0v) is 11.0. The van der Waals surface area contributed by atoms with Gasteiger partial charge in [0.25, 0.3) is 0 Å². The molecule has 5 heteroatoms. The average Bonchev–Trinajstić information content (AvgIpc) is 2.47. The van der Waals surface area contributed by atoms with E-state index in [4.69, 9.17) is 15.2 Å². The topological polar surface area (TPSA) is 44.5 Å². The molecule has 0 aromatic heterocycles. The maximum atomic E-state index is 13.9. The second-order valence-electron chi connectivity index (χ2n) is 4.15. The number of hydrogen-bond acceptors (Lipinski definition) is 3. The summed E-state index contributed by atoms with van der Waals surface area (Å²) in [5.74, 6) is -0.854. The predicted molar refractivity (Wildman–Crippen MR) is 71.6 cm³/mol. The number of halogens is 2. The predicted octanol–water partition coefficient (Wildman–Crippen LogP) is 3.01. The zero-order valence-electron chi connectivity index (χ0n) is 11.0. The molecule has 0 aliphatic heterocycles. The van der Waals surface area contributed by atoms with E-state index in [1.807, 2.05) is 0 Å². The van der Waals surface area contributed by atoms with Crippen molar-refractivity contribution in [1.82, 2.24) is 0 Å². The summed E-state index contributed by atoms with van der Waals surface area (Å²) < 4.78 is 37.9. The Morgan fingerprint density at radius 3 is 2.45 bits per heavy atom. The Labute approximate surface area is 115 Å². The molecule has 0 atom stereocenters. The Hall–Kier alpha value is -2.14. The second-order valence-corrected chi connectivity index (χ2v) is 4.15. The van der Waals surface area contributed by atoms with Gasteiger partial charge in [-0.05, 0) is 12.1 Å². The standard InChI is InChI=1S/C15H15F2NO2/c1-19-13-7-3-5-11(14(13)17)9-20-15-10(8-18)4-2-6-12(15)16/h2-7H,8-9,18H2,1H3. The normalized spacial score (nSPS) is 10.4. The van der Waals surface area contributed by atoms with Gasteiger partial charge in [-0.3, -0.25) is 0 Å². The lowest BCUT2D eigenvalue weighted by molar-refractivity contribution is 0.278. The van der Waals surface area contributed by atoms with Crippen molar-refractivity contribution in [3.05, 3.63) is 59.2 Å².